The topological polar surface area (TPSA) is 86.5 Å². The average Bonchev–Trinajstić information content (AvgIpc) is 3.04. The second kappa shape index (κ2) is 9.86. The molecular weight excluding hydrogens is 423 g/mol. The van der Waals surface area contributed by atoms with Gasteiger partial charge >= 0.3 is 13.5 Å². The maximum absolute atomic E-state index is 12.5. The second-order valence-corrected chi connectivity index (χ2v) is 10.1. The van der Waals surface area contributed by atoms with Gasteiger partial charge in [0.25, 0.3) is 4.92 Å². The molecule has 174 valence electrons. The zero-order valence-corrected chi connectivity index (χ0v) is 20.0. The molecule has 10 heteroatoms. The SMILES string of the molecule is CCOP(=O)(OCC)OCC1CCN(c2cc3c(cc2[N+](=O)OC)CC(C)(C)O3)CC1. The summed E-state index contributed by atoms with van der Waals surface area (Å²) in [7, 11) is -2.14. The largest absolute Gasteiger partial charge is 0.487 e. The number of phosphoric acid groups is 1. The molecule has 31 heavy (non-hydrogen) atoms. The Balaban J connectivity index is 1.68. The molecule has 1 fully saturated rings. The van der Waals surface area contributed by atoms with E-state index in [2.05, 4.69) is 4.90 Å². The average molecular weight is 457 g/mol. The fraction of sp³-hybridized carbons (Fsp3) is 0.714. The summed E-state index contributed by atoms with van der Waals surface area (Å²) in [6.45, 7) is 9.88. The first kappa shape index (κ1) is 24.0. The molecule has 0 aliphatic carbocycles. The zero-order valence-electron chi connectivity index (χ0n) is 19.1. The van der Waals surface area contributed by atoms with Crippen molar-refractivity contribution in [3.05, 3.63) is 22.6 Å². The van der Waals surface area contributed by atoms with E-state index in [9.17, 15) is 9.47 Å². The summed E-state index contributed by atoms with van der Waals surface area (Å²) in [5, 5.41) is 0. The summed E-state index contributed by atoms with van der Waals surface area (Å²) < 4.78 is 34.5. The Hall–Kier alpha value is -1.67. The van der Waals surface area contributed by atoms with E-state index < -0.39 is 7.82 Å². The number of rotatable bonds is 10. The Kier molecular flexibility index (Phi) is 7.63. The van der Waals surface area contributed by atoms with Crippen molar-refractivity contribution in [2.75, 3.05) is 44.9 Å². The third kappa shape index (κ3) is 5.77. The van der Waals surface area contributed by atoms with Gasteiger partial charge < -0.3 is 9.64 Å². The van der Waals surface area contributed by atoms with E-state index in [-0.39, 0.29) is 24.7 Å². The van der Waals surface area contributed by atoms with Crippen LogP contribution in [0.5, 0.6) is 5.75 Å². The summed E-state index contributed by atoms with van der Waals surface area (Å²) in [4.78, 5) is 20.1. The predicted octanol–water partition coefficient (Wildman–Crippen LogP) is 4.79. The molecule has 0 atom stereocenters. The minimum absolute atomic E-state index is 0.226. The molecule has 2 aliphatic rings. The van der Waals surface area contributed by atoms with E-state index in [1.807, 2.05) is 26.0 Å². The van der Waals surface area contributed by atoms with Crippen molar-refractivity contribution >= 4 is 19.2 Å². The van der Waals surface area contributed by atoms with Gasteiger partial charge in [-0.05, 0) is 46.5 Å². The molecule has 0 amide bonds. The predicted molar refractivity (Wildman–Crippen MR) is 117 cm³/mol. The van der Waals surface area contributed by atoms with Crippen LogP contribution in [0.25, 0.3) is 0 Å². The lowest BCUT2D eigenvalue weighted by Crippen LogP contribution is -2.35. The van der Waals surface area contributed by atoms with Gasteiger partial charge in [0.1, 0.15) is 17.0 Å². The van der Waals surface area contributed by atoms with Crippen molar-refractivity contribution < 1.29 is 32.6 Å². The molecular formula is C21H34N2O7P+. The standard InChI is InChI=1S/C21H34N2O7P/c1-6-27-31(25,28-7-2)29-15-16-8-10-22(11-9-16)18-13-20-17(14-21(3,4)30-20)12-19(18)23(24)26-5/h12-13,16H,6-11,14-15H2,1-5H3/q+1. The molecule has 0 unspecified atom stereocenters. The number of fused-ring (bicyclic) bond motifs is 1. The van der Waals surface area contributed by atoms with Crippen LogP contribution in [0.15, 0.2) is 12.1 Å². The Bertz CT molecular complexity index is 827. The van der Waals surface area contributed by atoms with Crippen molar-refractivity contribution in [3.8, 4) is 5.75 Å². The molecule has 0 bridgehead atoms. The number of phosphoric ester groups is 1. The van der Waals surface area contributed by atoms with Crippen molar-refractivity contribution in [1.82, 2.24) is 0 Å². The van der Waals surface area contributed by atoms with E-state index in [0.717, 1.165) is 49.4 Å². The number of hydrogen-bond donors (Lipinski definition) is 0. The van der Waals surface area contributed by atoms with Crippen LogP contribution in [-0.4, -0.2) is 50.5 Å². The van der Waals surface area contributed by atoms with Gasteiger partial charge in [-0.3, -0.25) is 13.6 Å². The van der Waals surface area contributed by atoms with Crippen molar-refractivity contribution in [3.63, 3.8) is 0 Å². The van der Waals surface area contributed by atoms with E-state index in [0.29, 0.717) is 17.2 Å². The first-order chi connectivity index (χ1) is 14.7. The monoisotopic (exact) mass is 457 g/mol. The number of nitrogens with zero attached hydrogens (tertiary/aromatic N) is 2. The summed E-state index contributed by atoms with van der Waals surface area (Å²) in [6.07, 6.45) is 2.40. The molecule has 0 spiro atoms. The molecule has 2 aliphatic heterocycles. The Morgan fingerprint density at radius 1 is 1.16 bits per heavy atom. The van der Waals surface area contributed by atoms with Crippen LogP contribution in [0.1, 0.15) is 46.1 Å². The zero-order chi connectivity index (χ0) is 22.6. The van der Waals surface area contributed by atoms with Crippen molar-refractivity contribution in [2.45, 2.75) is 52.6 Å². The fourth-order valence-corrected chi connectivity index (χ4v) is 5.34. The number of ether oxygens (including phenoxy) is 1. The van der Waals surface area contributed by atoms with Crippen LogP contribution < -0.4 is 9.64 Å². The van der Waals surface area contributed by atoms with E-state index in [1.165, 1.54) is 7.11 Å². The number of benzene rings is 1. The lowest BCUT2D eigenvalue weighted by atomic mass is 9.96. The van der Waals surface area contributed by atoms with Crippen LogP contribution in [0.4, 0.5) is 11.4 Å². The van der Waals surface area contributed by atoms with Gasteiger partial charge in [-0.2, -0.15) is 0 Å². The number of piperidine rings is 1. The van der Waals surface area contributed by atoms with Gasteiger partial charge in [0.2, 0.25) is 0 Å². The van der Waals surface area contributed by atoms with Gasteiger partial charge in [-0.1, -0.05) is 0 Å². The first-order valence-corrected chi connectivity index (χ1v) is 12.3. The molecule has 2 heterocycles. The highest BCUT2D eigenvalue weighted by Crippen LogP contribution is 2.50. The molecule has 0 aromatic heterocycles. The van der Waals surface area contributed by atoms with Gasteiger partial charge in [0.15, 0.2) is 7.11 Å². The maximum atomic E-state index is 12.5. The lowest BCUT2D eigenvalue weighted by molar-refractivity contribution is -0.736. The van der Waals surface area contributed by atoms with Gasteiger partial charge in [-0.15, -0.1) is 0 Å². The van der Waals surface area contributed by atoms with Gasteiger partial charge in [0.05, 0.1) is 24.7 Å². The molecule has 1 aromatic carbocycles. The summed E-state index contributed by atoms with van der Waals surface area (Å²) >= 11 is 0. The second-order valence-electron chi connectivity index (χ2n) is 8.44. The molecule has 1 aromatic rings. The molecule has 3 rings (SSSR count). The highest BCUT2D eigenvalue weighted by atomic mass is 31.2. The minimum atomic E-state index is -3.50. The minimum Gasteiger partial charge on any atom is -0.487 e. The molecule has 1 saturated heterocycles. The highest BCUT2D eigenvalue weighted by molar-refractivity contribution is 7.48. The van der Waals surface area contributed by atoms with E-state index in [4.69, 9.17) is 23.1 Å². The van der Waals surface area contributed by atoms with Crippen LogP contribution >= 0.6 is 7.82 Å². The quantitative estimate of drug-likeness (QED) is 0.366. The number of anilines is 1. The van der Waals surface area contributed by atoms with Gasteiger partial charge in [0, 0.05) is 37.2 Å². The van der Waals surface area contributed by atoms with Crippen LogP contribution in [0.2, 0.25) is 0 Å². The van der Waals surface area contributed by atoms with Gasteiger partial charge in [-0.25, -0.2) is 9.40 Å². The number of hydrogen-bond acceptors (Lipinski definition) is 8. The maximum Gasteiger partial charge on any atom is 0.474 e. The van der Waals surface area contributed by atoms with Crippen molar-refractivity contribution in [2.24, 2.45) is 5.92 Å². The normalized spacial score (nSPS) is 18.5. The Morgan fingerprint density at radius 2 is 1.81 bits per heavy atom. The summed E-state index contributed by atoms with van der Waals surface area (Å²) in [6, 6.07) is 3.81. The Labute approximate surface area is 184 Å². The molecule has 0 radical (unpaired) electrons. The third-order valence-electron chi connectivity index (χ3n) is 5.52. The first-order valence-electron chi connectivity index (χ1n) is 10.9. The molecule has 0 N–H and O–H groups in total. The van der Waals surface area contributed by atoms with E-state index >= 15 is 0 Å². The Morgan fingerprint density at radius 3 is 2.39 bits per heavy atom. The third-order valence-corrected chi connectivity index (χ3v) is 7.13. The fourth-order valence-electron chi connectivity index (χ4n) is 4.09. The smallest absolute Gasteiger partial charge is 0.474 e. The van der Waals surface area contributed by atoms with Crippen molar-refractivity contribution in [1.29, 1.82) is 0 Å². The lowest BCUT2D eigenvalue weighted by Gasteiger charge is -2.33. The molecule has 0 saturated carbocycles. The van der Waals surface area contributed by atoms with Crippen LogP contribution in [-0.2, 0) is 29.4 Å². The van der Waals surface area contributed by atoms with Crippen LogP contribution in [0.3, 0.4) is 0 Å². The summed E-state index contributed by atoms with van der Waals surface area (Å²) in [5.74, 6) is 1.04. The summed E-state index contributed by atoms with van der Waals surface area (Å²) in [5.41, 5.74) is 1.99. The highest BCUT2D eigenvalue weighted by Gasteiger charge is 2.37. The van der Waals surface area contributed by atoms with E-state index in [1.54, 1.807) is 13.8 Å². The molecule has 9 nitrogen and oxygen atoms in total. The van der Waals surface area contributed by atoms with Crippen LogP contribution in [0, 0.1) is 10.8 Å².